The SMILES string of the molecule is Cc1cccc2c3oc4cc5c(-c6ccccc6)cc(C#N)cc5cc4c3c3ccc[n+](C)c3c12. The van der Waals surface area contributed by atoms with E-state index in [1.807, 2.05) is 30.3 Å². The molecule has 0 N–H and O–H groups in total. The molecule has 35 heavy (non-hydrogen) atoms. The average Bonchev–Trinajstić information content (AvgIpc) is 3.26. The molecule has 3 nitrogen and oxygen atoms in total. The van der Waals surface area contributed by atoms with Crippen LogP contribution >= 0.6 is 0 Å². The van der Waals surface area contributed by atoms with Gasteiger partial charge in [-0.2, -0.15) is 5.26 Å². The summed E-state index contributed by atoms with van der Waals surface area (Å²) in [4.78, 5) is 0. The van der Waals surface area contributed by atoms with Gasteiger partial charge in [0.25, 0.3) is 0 Å². The molecule has 7 aromatic rings. The predicted molar refractivity (Wildman–Crippen MR) is 142 cm³/mol. The van der Waals surface area contributed by atoms with Gasteiger partial charge in [0.1, 0.15) is 18.2 Å². The maximum Gasteiger partial charge on any atom is 0.221 e. The molecule has 0 radical (unpaired) electrons. The van der Waals surface area contributed by atoms with Gasteiger partial charge in [-0.3, -0.25) is 0 Å². The molecule has 0 atom stereocenters. The maximum atomic E-state index is 9.76. The molecule has 0 aliphatic carbocycles. The molecule has 0 aliphatic rings. The molecule has 164 valence electrons. The first-order chi connectivity index (χ1) is 17.1. The molecule has 0 saturated carbocycles. The van der Waals surface area contributed by atoms with Crippen molar-refractivity contribution in [1.29, 1.82) is 5.26 Å². The largest absolute Gasteiger partial charge is 0.455 e. The molecular formula is C32H21N2O+. The van der Waals surface area contributed by atoms with Crippen molar-refractivity contribution in [3.63, 3.8) is 0 Å². The van der Waals surface area contributed by atoms with Crippen molar-refractivity contribution in [2.45, 2.75) is 6.92 Å². The lowest BCUT2D eigenvalue weighted by atomic mass is 9.93. The summed E-state index contributed by atoms with van der Waals surface area (Å²) in [5.41, 5.74) is 6.98. The van der Waals surface area contributed by atoms with E-state index < -0.39 is 0 Å². The monoisotopic (exact) mass is 449 g/mol. The molecule has 0 bridgehead atoms. The van der Waals surface area contributed by atoms with Gasteiger partial charge in [-0.05, 0) is 64.7 Å². The zero-order valence-corrected chi connectivity index (χ0v) is 19.5. The minimum absolute atomic E-state index is 0.654. The van der Waals surface area contributed by atoms with E-state index >= 15 is 0 Å². The van der Waals surface area contributed by atoms with Crippen molar-refractivity contribution in [2.75, 3.05) is 0 Å². The second-order valence-electron chi connectivity index (χ2n) is 9.26. The van der Waals surface area contributed by atoms with E-state index in [0.717, 1.165) is 49.2 Å². The topological polar surface area (TPSA) is 40.8 Å². The number of pyridine rings is 1. The van der Waals surface area contributed by atoms with E-state index in [2.05, 4.69) is 85.4 Å². The Kier molecular flexibility index (Phi) is 4.04. The third kappa shape index (κ3) is 2.74. The maximum absolute atomic E-state index is 9.76. The second-order valence-corrected chi connectivity index (χ2v) is 9.26. The molecule has 2 heterocycles. The predicted octanol–water partition coefficient (Wildman–Crippen LogP) is 7.72. The number of furan rings is 1. The Labute approximate surface area is 202 Å². The van der Waals surface area contributed by atoms with E-state index in [1.165, 1.54) is 21.9 Å². The number of benzene rings is 5. The summed E-state index contributed by atoms with van der Waals surface area (Å²) in [7, 11) is 2.10. The van der Waals surface area contributed by atoms with Gasteiger partial charge in [0.15, 0.2) is 6.20 Å². The first-order valence-corrected chi connectivity index (χ1v) is 11.7. The van der Waals surface area contributed by atoms with Crippen LogP contribution in [0.15, 0.2) is 95.5 Å². The van der Waals surface area contributed by atoms with Crippen molar-refractivity contribution in [2.24, 2.45) is 7.05 Å². The van der Waals surface area contributed by atoms with Crippen LogP contribution in [0.2, 0.25) is 0 Å². The summed E-state index contributed by atoms with van der Waals surface area (Å²) >= 11 is 0. The Balaban J connectivity index is 1.72. The molecule has 0 spiro atoms. The van der Waals surface area contributed by atoms with E-state index in [9.17, 15) is 5.26 Å². The third-order valence-corrected chi connectivity index (χ3v) is 7.18. The van der Waals surface area contributed by atoms with E-state index in [0.29, 0.717) is 5.56 Å². The average molecular weight is 450 g/mol. The van der Waals surface area contributed by atoms with Crippen LogP contribution in [-0.4, -0.2) is 0 Å². The standard InChI is InChI=1S/C32H21N2O/c1-19-8-6-11-24-29(19)31-23(12-7-13-34(31)2)30-27-16-22-14-20(18-33)15-25(21-9-4-3-5-10-21)26(22)17-28(27)35-32(24)30/h3-17H,1-2H3/q+1. The van der Waals surface area contributed by atoms with Crippen LogP contribution in [0.1, 0.15) is 11.1 Å². The van der Waals surface area contributed by atoms with Crippen LogP contribution in [0, 0.1) is 18.3 Å². The number of aromatic nitrogens is 1. The van der Waals surface area contributed by atoms with Crippen LogP contribution in [0.25, 0.3) is 65.5 Å². The summed E-state index contributed by atoms with van der Waals surface area (Å²) < 4.78 is 8.85. The second kappa shape index (κ2) is 7.16. The van der Waals surface area contributed by atoms with Crippen LogP contribution < -0.4 is 4.57 Å². The van der Waals surface area contributed by atoms with Gasteiger partial charge in [-0.25, -0.2) is 4.57 Å². The van der Waals surface area contributed by atoms with Gasteiger partial charge in [0, 0.05) is 22.2 Å². The smallest absolute Gasteiger partial charge is 0.221 e. The molecule has 7 rings (SSSR count). The molecule has 0 saturated heterocycles. The fourth-order valence-corrected chi connectivity index (χ4v) is 5.63. The molecule has 0 fully saturated rings. The number of hydrogen-bond donors (Lipinski definition) is 0. The van der Waals surface area contributed by atoms with E-state index in [1.54, 1.807) is 0 Å². The highest BCUT2D eigenvalue weighted by Gasteiger charge is 2.22. The Bertz CT molecular complexity index is 2030. The summed E-state index contributed by atoms with van der Waals surface area (Å²) in [6, 6.07) is 31.6. The van der Waals surface area contributed by atoms with Crippen LogP contribution in [0.5, 0.6) is 0 Å². The molecule has 0 aliphatic heterocycles. The third-order valence-electron chi connectivity index (χ3n) is 7.18. The van der Waals surface area contributed by atoms with Crippen molar-refractivity contribution in [1.82, 2.24) is 0 Å². The number of aryl methyl sites for hydroxylation is 2. The van der Waals surface area contributed by atoms with Crippen LogP contribution in [0.4, 0.5) is 0 Å². The fraction of sp³-hybridized carbons (Fsp3) is 0.0625. The zero-order chi connectivity index (χ0) is 23.7. The molecule has 2 aromatic heterocycles. The van der Waals surface area contributed by atoms with Gasteiger partial charge >= 0.3 is 0 Å². The lowest BCUT2D eigenvalue weighted by Crippen LogP contribution is -2.28. The Hall–Kier alpha value is -4.68. The molecule has 0 amide bonds. The number of nitriles is 1. The lowest BCUT2D eigenvalue weighted by molar-refractivity contribution is -0.644. The van der Waals surface area contributed by atoms with E-state index in [-0.39, 0.29) is 0 Å². The number of rotatable bonds is 1. The number of nitrogens with zero attached hydrogens (tertiary/aromatic N) is 2. The first-order valence-electron chi connectivity index (χ1n) is 11.7. The summed E-state index contributed by atoms with van der Waals surface area (Å²) in [6.07, 6.45) is 2.10. The highest BCUT2D eigenvalue weighted by Crippen LogP contribution is 2.43. The molecular weight excluding hydrogens is 428 g/mol. The highest BCUT2D eigenvalue weighted by atomic mass is 16.3. The van der Waals surface area contributed by atoms with Gasteiger partial charge in [0.2, 0.25) is 5.52 Å². The highest BCUT2D eigenvalue weighted by molar-refractivity contribution is 6.30. The number of hydrogen-bond acceptors (Lipinski definition) is 2. The van der Waals surface area contributed by atoms with Crippen molar-refractivity contribution in [3.05, 3.63) is 102 Å². The normalized spacial score (nSPS) is 11.7. The fourth-order valence-electron chi connectivity index (χ4n) is 5.63. The molecule has 3 heteroatoms. The zero-order valence-electron chi connectivity index (χ0n) is 19.5. The number of fused-ring (bicyclic) bond motifs is 9. The van der Waals surface area contributed by atoms with Crippen molar-refractivity contribution >= 4 is 54.4 Å². The van der Waals surface area contributed by atoms with Gasteiger partial charge in [0.05, 0.1) is 22.4 Å². The van der Waals surface area contributed by atoms with Crippen LogP contribution in [-0.2, 0) is 7.05 Å². The minimum Gasteiger partial charge on any atom is -0.455 e. The quantitative estimate of drug-likeness (QED) is 0.190. The Morgan fingerprint density at radius 3 is 2.43 bits per heavy atom. The van der Waals surface area contributed by atoms with Gasteiger partial charge in [-0.15, -0.1) is 0 Å². The Morgan fingerprint density at radius 2 is 1.60 bits per heavy atom. The summed E-state index contributed by atoms with van der Waals surface area (Å²) in [5.74, 6) is 0. The minimum atomic E-state index is 0.654. The van der Waals surface area contributed by atoms with Crippen molar-refractivity contribution < 1.29 is 8.98 Å². The van der Waals surface area contributed by atoms with Gasteiger partial charge in [-0.1, -0.05) is 48.5 Å². The summed E-state index contributed by atoms with van der Waals surface area (Å²) in [6.45, 7) is 2.16. The molecule has 5 aromatic carbocycles. The Morgan fingerprint density at radius 1 is 0.771 bits per heavy atom. The summed E-state index contributed by atoms with van der Waals surface area (Å²) in [5, 5.41) is 17.6. The van der Waals surface area contributed by atoms with Crippen molar-refractivity contribution in [3.8, 4) is 17.2 Å². The van der Waals surface area contributed by atoms with E-state index in [4.69, 9.17) is 4.42 Å². The molecule has 0 unspecified atom stereocenters. The lowest BCUT2D eigenvalue weighted by Gasteiger charge is -2.09. The van der Waals surface area contributed by atoms with Gasteiger partial charge < -0.3 is 4.42 Å². The first kappa shape index (κ1) is 19.8. The van der Waals surface area contributed by atoms with Crippen LogP contribution in [0.3, 0.4) is 0 Å².